The van der Waals surface area contributed by atoms with Crippen LogP contribution in [0.2, 0.25) is 0 Å². The molecule has 1 N–H and O–H groups in total. The van der Waals surface area contributed by atoms with Gasteiger partial charge in [0.25, 0.3) is 0 Å². The van der Waals surface area contributed by atoms with Crippen LogP contribution in [0.1, 0.15) is 13.8 Å². The Morgan fingerprint density at radius 3 is 2.77 bits per heavy atom. The zero-order valence-electron chi connectivity index (χ0n) is 8.10. The zero-order valence-corrected chi connectivity index (χ0v) is 10.5. The molecule has 13 heavy (non-hydrogen) atoms. The number of hydrogen-bond acceptors (Lipinski definition) is 2. The van der Waals surface area contributed by atoms with Crippen LogP contribution in [0.25, 0.3) is 0 Å². The molecule has 0 fully saturated rings. The Kier molecular flexibility index (Phi) is 6.51. The molecule has 0 aliphatic rings. The Bertz CT molecular complexity index is 177. The molecule has 0 aromatic rings. The smallest absolute Gasteiger partial charge is 0.236 e. The number of amides is 1. The summed E-state index contributed by atoms with van der Waals surface area (Å²) in [5, 5.41) is 2.84. The number of carbonyl (C=O) groups is 1. The number of nitrogens with one attached hydrogen (secondary N) is 1. The lowest BCUT2D eigenvalue weighted by atomic mass is 10.2. The molecule has 0 saturated carbocycles. The van der Waals surface area contributed by atoms with Gasteiger partial charge in [0.1, 0.15) is 0 Å². The summed E-state index contributed by atoms with van der Waals surface area (Å²) in [6, 6.07) is 0. The van der Waals surface area contributed by atoms with Gasteiger partial charge >= 0.3 is 0 Å². The fraction of sp³-hybridized carbons (Fsp3) is 0.667. The van der Waals surface area contributed by atoms with E-state index in [1.165, 1.54) is 0 Å². The Balaban J connectivity index is 3.43. The van der Waals surface area contributed by atoms with Crippen LogP contribution in [0.15, 0.2) is 12.7 Å². The third kappa shape index (κ3) is 7.14. The topological polar surface area (TPSA) is 29.1 Å². The Morgan fingerprint density at radius 1 is 1.69 bits per heavy atom. The maximum Gasteiger partial charge on any atom is 0.236 e. The quantitative estimate of drug-likeness (QED) is 0.453. The van der Waals surface area contributed by atoms with Crippen molar-refractivity contribution in [1.82, 2.24) is 5.32 Å². The molecule has 0 heterocycles. The minimum absolute atomic E-state index is 0.0340. The molecule has 0 spiro atoms. The lowest BCUT2D eigenvalue weighted by molar-refractivity contribution is -0.122. The summed E-state index contributed by atoms with van der Waals surface area (Å²) >= 11 is 5.05. The second-order valence-electron chi connectivity index (χ2n) is 3.09. The lowest BCUT2D eigenvalue weighted by Crippen LogP contribution is -2.38. The highest BCUT2D eigenvalue weighted by molar-refractivity contribution is 9.10. The first-order chi connectivity index (χ1) is 5.98. The minimum Gasteiger partial charge on any atom is -0.354 e. The van der Waals surface area contributed by atoms with E-state index in [0.717, 1.165) is 11.5 Å². The van der Waals surface area contributed by atoms with E-state index >= 15 is 0 Å². The van der Waals surface area contributed by atoms with Crippen molar-refractivity contribution in [3.05, 3.63) is 12.7 Å². The summed E-state index contributed by atoms with van der Waals surface area (Å²) in [5.74, 6) is 1.90. The van der Waals surface area contributed by atoms with E-state index in [2.05, 4.69) is 27.8 Å². The molecular weight excluding hydrogens is 250 g/mol. The van der Waals surface area contributed by atoms with Gasteiger partial charge in [-0.2, -0.15) is 11.8 Å². The van der Waals surface area contributed by atoms with Gasteiger partial charge < -0.3 is 5.32 Å². The van der Waals surface area contributed by atoms with Gasteiger partial charge in [0, 0.05) is 18.1 Å². The first kappa shape index (κ1) is 13.0. The largest absolute Gasteiger partial charge is 0.354 e. The fourth-order valence-corrected chi connectivity index (χ4v) is 1.33. The van der Waals surface area contributed by atoms with E-state index in [1.54, 1.807) is 11.8 Å². The Labute approximate surface area is 92.7 Å². The summed E-state index contributed by atoms with van der Waals surface area (Å²) < 4.78 is -0.462. The van der Waals surface area contributed by atoms with E-state index in [1.807, 2.05) is 19.9 Å². The maximum atomic E-state index is 11.3. The van der Waals surface area contributed by atoms with Gasteiger partial charge in [-0.25, -0.2) is 0 Å². The molecule has 76 valence electrons. The Hall–Kier alpha value is 0.0400. The molecule has 4 heteroatoms. The number of hydrogen-bond donors (Lipinski definition) is 1. The first-order valence-corrected chi connectivity index (χ1v) is 6.09. The van der Waals surface area contributed by atoms with Gasteiger partial charge in [-0.1, -0.05) is 22.0 Å². The average molecular weight is 266 g/mol. The van der Waals surface area contributed by atoms with E-state index in [9.17, 15) is 4.79 Å². The van der Waals surface area contributed by atoms with Gasteiger partial charge in [0.2, 0.25) is 5.91 Å². The van der Waals surface area contributed by atoms with Gasteiger partial charge in [0.05, 0.1) is 4.32 Å². The predicted molar refractivity (Wildman–Crippen MR) is 63.5 cm³/mol. The van der Waals surface area contributed by atoms with Gasteiger partial charge in [-0.05, 0) is 13.8 Å². The van der Waals surface area contributed by atoms with Crippen molar-refractivity contribution in [3.63, 3.8) is 0 Å². The molecule has 0 aliphatic carbocycles. The molecule has 0 unspecified atom stereocenters. The third-order valence-electron chi connectivity index (χ3n) is 1.31. The third-order valence-corrected chi connectivity index (χ3v) is 2.63. The van der Waals surface area contributed by atoms with E-state index in [4.69, 9.17) is 0 Å². The van der Waals surface area contributed by atoms with Crippen LogP contribution in [0, 0.1) is 0 Å². The molecule has 0 aromatic carbocycles. The van der Waals surface area contributed by atoms with Crippen molar-refractivity contribution in [2.45, 2.75) is 18.2 Å². The number of alkyl halides is 1. The summed E-state index contributed by atoms with van der Waals surface area (Å²) in [7, 11) is 0. The molecule has 1 amide bonds. The van der Waals surface area contributed by atoms with E-state index in [-0.39, 0.29) is 5.91 Å². The zero-order chi connectivity index (χ0) is 10.3. The number of thioether (sulfide) groups is 1. The average Bonchev–Trinajstić information content (AvgIpc) is 2.02. The van der Waals surface area contributed by atoms with Crippen molar-refractivity contribution in [2.75, 3.05) is 18.1 Å². The predicted octanol–water partition coefficient (Wildman–Crippen LogP) is 2.20. The van der Waals surface area contributed by atoms with E-state index in [0.29, 0.717) is 6.54 Å². The van der Waals surface area contributed by atoms with Crippen LogP contribution in [0.4, 0.5) is 0 Å². The van der Waals surface area contributed by atoms with Crippen molar-refractivity contribution in [2.24, 2.45) is 0 Å². The van der Waals surface area contributed by atoms with Crippen LogP contribution >= 0.6 is 27.7 Å². The van der Waals surface area contributed by atoms with Crippen molar-refractivity contribution < 1.29 is 4.79 Å². The molecule has 0 aromatic heterocycles. The highest BCUT2D eigenvalue weighted by atomic mass is 79.9. The fourth-order valence-electron chi connectivity index (χ4n) is 0.614. The summed E-state index contributed by atoms with van der Waals surface area (Å²) in [6.07, 6.45) is 1.86. The van der Waals surface area contributed by atoms with Gasteiger partial charge in [-0.15, -0.1) is 6.58 Å². The molecule has 0 saturated heterocycles. The molecule has 0 aliphatic heterocycles. The monoisotopic (exact) mass is 265 g/mol. The number of carbonyl (C=O) groups excluding carboxylic acids is 1. The lowest BCUT2D eigenvalue weighted by Gasteiger charge is -2.15. The maximum absolute atomic E-state index is 11.3. The van der Waals surface area contributed by atoms with E-state index < -0.39 is 4.32 Å². The van der Waals surface area contributed by atoms with Crippen LogP contribution in [0.3, 0.4) is 0 Å². The van der Waals surface area contributed by atoms with Crippen LogP contribution in [0.5, 0.6) is 0 Å². The molecule has 0 bridgehead atoms. The highest BCUT2D eigenvalue weighted by Gasteiger charge is 2.22. The molecule has 0 radical (unpaired) electrons. The summed E-state index contributed by atoms with van der Waals surface area (Å²) in [6.45, 7) is 8.00. The minimum atomic E-state index is -0.462. The van der Waals surface area contributed by atoms with Crippen LogP contribution in [-0.2, 0) is 4.79 Å². The van der Waals surface area contributed by atoms with Crippen LogP contribution in [-0.4, -0.2) is 28.3 Å². The normalized spacial score (nSPS) is 11.0. The second-order valence-corrected chi connectivity index (χ2v) is 6.22. The van der Waals surface area contributed by atoms with Gasteiger partial charge in [-0.3, -0.25) is 4.79 Å². The van der Waals surface area contributed by atoms with Gasteiger partial charge in [0.15, 0.2) is 0 Å². The summed E-state index contributed by atoms with van der Waals surface area (Å²) in [4.78, 5) is 11.3. The molecule has 0 atom stereocenters. The number of halogens is 1. The Morgan fingerprint density at radius 2 is 2.31 bits per heavy atom. The SMILES string of the molecule is C=CCSCCNC(=O)C(C)(C)Br. The molecule has 0 rings (SSSR count). The summed E-state index contributed by atoms with van der Waals surface area (Å²) in [5.41, 5.74) is 0. The highest BCUT2D eigenvalue weighted by Crippen LogP contribution is 2.15. The van der Waals surface area contributed by atoms with Crippen LogP contribution < -0.4 is 5.32 Å². The second kappa shape index (κ2) is 6.49. The molecule has 2 nitrogen and oxygen atoms in total. The molecular formula is C9H16BrNOS. The first-order valence-electron chi connectivity index (χ1n) is 4.14. The van der Waals surface area contributed by atoms with Crippen molar-refractivity contribution in [3.8, 4) is 0 Å². The van der Waals surface area contributed by atoms with Crippen molar-refractivity contribution in [1.29, 1.82) is 0 Å². The number of rotatable bonds is 6. The standard InChI is InChI=1S/C9H16BrNOS/c1-4-6-13-7-5-11-8(12)9(2,3)10/h4H,1,5-7H2,2-3H3,(H,11,12). The van der Waals surface area contributed by atoms with Crippen molar-refractivity contribution >= 4 is 33.6 Å².